The molecule has 0 fully saturated rings. The minimum atomic E-state index is -4.58. The van der Waals surface area contributed by atoms with Crippen LogP contribution >= 0.6 is 11.8 Å². The molecule has 0 spiro atoms. The Morgan fingerprint density at radius 1 is 1.41 bits per heavy atom. The molecule has 27 heavy (non-hydrogen) atoms. The van der Waals surface area contributed by atoms with Gasteiger partial charge in [0.15, 0.2) is 5.16 Å². The minimum Gasteiger partial charge on any atom is -0.385 e. The average molecular weight is 404 g/mol. The van der Waals surface area contributed by atoms with Crippen LogP contribution in [0.1, 0.15) is 18.9 Å². The van der Waals surface area contributed by atoms with Crippen LogP contribution in [0.5, 0.6) is 0 Å². The number of alkyl halides is 3. The van der Waals surface area contributed by atoms with E-state index in [-0.39, 0.29) is 10.8 Å². The van der Waals surface area contributed by atoms with E-state index in [0.29, 0.717) is 19.6 Å². The molecule has 0 aliphatic heterocycles. The largest absolute Gasteiger partial charge is 0.418 e. The topological polar surface area (TPSA) is 89.0 Å². The normalized spacial score (nSPS) is 12.8. The van der Waals surface area contributed by atoms with E-state index in [1.165, 1.54) is 29.7 Å². The number of hydrogen-bond donors (Lipinski definition) is 2. The number of rotatable bonds is 8. The van der Waals surface area contributed by atoms with Crippen LogP contribution in [0.15, 0.2) is 34.2 Å². The van der Waals surface area contributed by atoms with Crippen molar-refractivity contribution >= 4 is 23.4 Å². The zero-order chi connectivity index (χ0) is 20.0. The monoisotopic (exact) mass is 404 g/mol. The molecule has 0 radical (unpaired) electrons. The second kappa shape index (κ2) is 9.09. The van der Waals surface area contributed by atoms with Crippen molar-refractivity contribution in [1.82, 2.24) is 14.8 Å². The summed E-state index contributed by atoms with van der Waals surface area (Å²) >= 11 is 0.976. The van der Waals surface area contributed by atoms with Gasteiger partial charge in [0.25, 0.3) is 0 Å². The molecule has 0 saturated heterocycles. The van der Waals surface area contributed by atoms with Crippen LogP contribution in [0, 0.1) is 0 Å². The third-order valence-electron chi connectivity index (χ3n) is 3.60. The number of amides is 1. The highest BCUT2D eigenvalue weighted by Crippen LogP contribution is 2.35. The number of nitrogens with one attached hydrogen (secondary N) is 2. The Morgan fingerprint density at radius 2 is 2.11 bits per heavy atom. The highest BCUT2D eigenvalue weighted by atomic mass is 32.2. The Morgan fingerprint density at radius 3 is 2.78 bits per heavy atom. The molecule has 2 aromatic rings. The first kappa shape index (κ1) is 21.0. The van der Waals surface area contributed by atoms with E-state index in [9.17, 15) is 22.8 Å². The molecular weight excluding hydrogens is 385 g/mol. The highest BCUT2D eigenvalue weighted by Gasteiger charge is 2.34. The van der Waals surface area contributed by atoms with Gasteiger partial charge in [-0.05, 0) is 25.5 Å². The Balaban J connectivity index is 2.09. The maximum absolute atomic E-state index is 13.0. The van der Waals surface area contributed by atoms with Crippen LogP contribution in [0.3, 0.4) is 0 Å². The summed E-state index contributed by atoms with van der Waals surface area (Å²) in [5.41, 5.74) is -1.67. The molecule has 2 rings (SSSR count). The van der Waals surface area contributed by atoms with Crippen molar-refractivity contribution in [2.45, 2.75) is 36.5 Å². The molecule has 1 unspecified atom stereocenters. The molecule has 0 aliphatic rings. The van der Waals surface area contributed by atoms with Gasteiger partial charge in [-0.2, -0.15) is 13.2 Å². The van der Waals surface area contributed by atoms with Gasteiger partial charge >= 0.3 is 11.9 Å². The zero-order valence-corrected chi connectivity index (χ0v) is 15.5. The van der Waals surface area contributed by atoms with E-state index < -0.39 is 28.6 Å². The van der Waals surface area contributed by atoms with Crippen molar-refractivity contribution in [3.63, 3.8) is 0 Å². The lowest BCUT2D eigenvalue weighted by Crippen LogP contribution is -2.25. The number of nitrogens with zero attached hydrogens (tertiary/aromatic N) is 2. The van der Waals surface area contributed by atoms with Crippen molar-refractivity contribution in [2.24, 2.45) is 0 Å². The quantitative estimate of drug-likeness (QED) is 0.522. The number of aromatic nitrogens is 3. The van der Waals surface area contributed by atoms with E-state index in [2.05, 4.69) is 15.5 Å². The van der Waals surface area contributed by atoms with Crippen LogP contribution in [0.25, 0.3) is 0 Å². The maximum Gasteiger partial charge on any atom is 0.418 e. The molecular formula is C16H19F3N4O3S. The molecule has 0 aliphatic carbocycles. The number of thioether (sulfide) groups is 1. The van der Waals surface area contributed by atoms with Gasteiger partial charge in [0.2, 0.25) is 5.91 Å². The summed E-state index contributed by atoms with van der Waals surface area (Å²) in [5, 5.41) is 7.97. The maximum atomic E-state index is 13.0. The fourth-order valence-electron chi connectivity index (χ4n) is 2.24. The molecule has 2 N–H and O–H groups in total. The van der Waals surface area contributed by atoms with Crippen molar-refractivity contribution in [3.05, 3.63) is 40.3 Å². The standard InChI is InChI=1S/C16H19F3N4O3S/c1-10(27-15-22-21-14(25)23(15)8-5-9-26-2)13(24)20-12-7-4-3-6-11(12)16(17,18)19/h3-4,6-7,10H,5,8-9H2,1-2H3,(H,20,24)(H,21,25). The number of halogens is 3. The van der Waals surface area contributed by atoms with Gasteiger partial charge in [-0.3, -0.25) is 9.36 Å². The summed E-state index contributed by atoms with van der Waals surface area (Å²) in [5.74, 6) is -0.629. The number of carbonyl (C=O) groups is 1. The Bertz CT molecular complexity index is 835. The van der Waals surface area contributed by atoms with Crippen LogP contribution < -0.4 is 11.0 Å². The summed E-state index contributed by atoms with van der Waals surface area (Å²) in [7, 11) is 1.54. The lowest BCUT2D eigenvalue weighted by atomic mass is 10.1. The van der Waals surface area contributed by atoms with E-state index >= 15 is 0 Å². The van der Waals surface area contributed by atoms with Gasteiger partial charge < -0.3 is 10.1 Å². The highest BCUT2D eigenvalue weighted by molar-refractivity contribution is 8.00. The molecule has 0 saturated carbocycles. The Labute approximate surface area is 157 Å². The Kier molecular flexibility index (Phi) is 7.08. The molecule has 7 nitrogen and oxygen atoms in total. The fourth-order valence-corrected chi connectivity index (χ4v) is 3.12. The van der Waals surface area contributed by atoms with E-state index in [0.717, 1.165) is 17.8 Å². The summed E-state index contributed by atoms with van der Waals surface area (Å²) in [4.78, 5) is 24.1. The zero-order valence-electron chi connectivity index (χ0n) is 14.7. The van der Waals surface area contributed by atoms with Gasteiger partial charge in [0.05, 0.1) is 16.5 Å². The molecule has 1 heterocycles. The predicted molar refractivity (Wildman–Crippen MR) is 94.7 cm³/mol. The van der Waals surface area contributed by atoms with Crippen molar-refractivity contribution in [2.75, 3.05) is 19.0 Å². The Hall–Kier alpha value is -2.27. The second-order valence-corrected chi connectivity index (χ2v) is 6.91. The molecule has 1 aromatic carbocycles. The molecule has 0 bridgehead atoms. The van der Waals surface area contributed by atoms with Gasteiger partial charge in [-0.25, -0.2) is 9.89 Å². The lowest BCUT2D eigenvalue weighted by molar-refractivity contribution is -0.137. The summed E-state index contributed by atoms with van der Waals surface area (Å²) < 4.78 is 45.4. The van der Waals surface area contributed by atoms with Crippen LogP contribution in [-0.2, 0) is 22.3 Å². The fraction of sp³-hybridized carbons (Fsp3) is 0.438. The van der Waals surface area contributed by atoms with Crippen molar-refractivity contribution < 1.29 is 22.7 Å². The number of carbonyl (C=O) groups excluding carboxylic acids is 1. The molecule has 148 valence electrons. The third-order valence-corrected chi connectivity index (χ3v) is 4.69. The third kappa shape index (κ3) is 5.60. The first-order chi connectivity index (χ1) is 12.7. The molecule has 1 aromatic heterocycles. The number of anilines is 1. The van der Waals surface area contributed by atoms with Gasteiger partial charge in [-0.15, -0.1) is 5.10 Å². The summed E-state index contributed by atoms with van der Waals surface area (Å²) in [6.45, 7) is 2.32. The van der Waals surface area contributed by atoms with Crippen LogP contribution in [-0.4, -0.2) is 39.6 Å². The average Bonchev–Trinajstić information content (AvgIpc) is 2.94. The summed E-state index contributed by atoms with van der Waals surface area (Å²) in [6.07, 6.45) is -4.01. The smallest absolute Gasteiger partial charge is 0.385 e. The van der Waals surface area contributed by atoms with E-state index in [4.69, 9.17) is 4.74 Å². The van der Waals surface area contributed by atoms with E-state index in [1.54, 1.807) is 7.11 Å². The van der Waals surface area contributed by atoms with Crippen molar-refractivity contribution in [3.8, 4) is 0 Å². The van der Waals surface area contributed by atoms with E-state index in [1.807, 2.05) is 0 Å². The lowest BCUT2D eigenvalue weighted by Gasteiger charge is -2.16. The first-order valence-corrected chi connectivity index (χ1v) is 8.90. The van der Waals surface area contributed by atoms with Crippen LogP contribution in [0.2, 0.25) is 0 Å². The number of para-hydroxylation sites is 1. The van der Waals surface area contributed by atoms with Gasteiger partial charge in [0.1, 0.15) is 0 Å². The number of ether oxygens (including phenoxy) is 1. The second-order valence-electron chi connectivity index (χ2n) is 5.60. The molecule has 1 atom stereocenters. The first-order valence-electron chi connectivity index (χ1n) is 8.02. The van der Waals surface area contributed by atoms with Crippen LogP contribution in [0.4, 0.5) is 18.9 Å². The minimum absolute atomic E-state index is 0.280. The number of methoxy groups -OCH3 is 1. The van der Waals surface area contributed by atoms with Gasteiger partial charge in [-0.1, -0.05) is 23.9 Å². The van der Waals surface area contributed by atoms with Gasteiger partial charge in [0, 0.05) is 20.3 Å². The van der Waals surface area contributed by atoms with Crippen molar-refractivity contribution in [1.29, 1.82) is 0 Å². The number of hydrogen-bond acceptors (Lipinski definition) is 5. The SMILES string of the molecule is COCCCn1c(SC(C)C(=O)Nc2ccccc2C(F)(F)F)n[nH]c1=O. The molecule has 11 heteroatoms. The number of H-pyrrole nitrogens is 1. The number of aromatic amines is 1. The summed E-state index contributed by atoms with van der Waals surface area (Å²) in [6, 6.07) is 4.74. The number of benzene rings is 1. The predicted octanol–water partition coefficient (Wildman–Crippen LogP) is 2.75. The molecule has 1 amide bonds.